The maximum Gasteiger partial charge on any atom is 0.226 e. The van der Waals surface area contributed by atoms with Crippen molar-refractivity contribution >= 4 is 17.2 Å². The molecule has 2 aromatic heterocycles. The fourth-order valence-corrected chi connectivity index (χ4v) is 4.65. The number of aromatic nitrogens is 2. The monoisotopic (exact) mass is 315 g/mol. The van der Waals surface area contributed by atoms with Gasteiger partial charge >= 0.3 is 0 Å². The van der Waals surface area contributed by atoms with Crippen molar-refractivity contribution in [2.75, 3.05) is 13.1 Å². The third-order valence-corrected chi connectivity index (χ3v) is 6.06. The lowest BCUT2D eigenvalue weighted by atomic mass is 9.94. The van der Waals surface area contributed by atoms with Gasteiger partial charge in [-0.05, 0) is 44.4 Å². The van der Waals surface area contributed by atoms with Gasteiger partial charge in [-0.3, -0.25) is 9.89 Å². The number of carbonyl (C=O) groups is 1. The SMILES string of the molecule is Cc1ccc(C2CC2C(=O)N2CCCC(c3ccn[nH]3)C2)s1. The maximum absolute atomic E-state index is 12.8. The first-order chi connectivity index (χ1) is 10.7. The number of piperidine rings is 1. The van der Waals surface area contributed by atoms with Gasteiger partial charge in [0.05, 0.1) is 0 Å². The number of thiophene rings is 1. The van der Waals surface area contributed by atoms with E-state index in [4.69, 9.17) is 0 Å². The van der Waals surface area contributed by atoms with Gasteiger partial charge in [-0.15, -0.1) is 11.3 Å². The molecule has 0 spiro atoms. The number of amides is 1. The van der Waals surface area contributed by atoms with Crippen LogP contribution in [0.5, 0.6) is 0 Å². The second kappa shape index (κ2) is 5.54. The molecule has 2 aromatic rings. The van der Waals surface area contributed by atoms with Crippen LogP contribution in [0.1, 0.15) is 46.5 Å². The van der Waals surface area contributed by atoms with Crippen LogP contribution < -0.4 is 0 Å². The summed E-state index contributed by atoms with van der Waals surface area (Å²) < 4.78 is 0. The van der Waals surface area contributed by atoms with E-state index in [0.29, 0.717) is 17.7 Å². The van der Waals surface area contributed by atoms with E-state index in [-0.39, 0.29) is 5.92 Å². The third kappa shape index (κ3) is 2.58. The molecule has 4 rings (SSSR count). The molecule has 1 aliphatic heterocycles. The van der Waals surface area contributed by atoms with E-state index in [1.807, 2.05) is 17.4 Å². The quantitative estimate of drug-likeness (QED) is 0.945. The fourth-order valence-electron chi connectivity index (χ4n) is 3.59. The summed E-state index contributed by atoms with van der Waals surface area (Å²) in [6.45, 7) is 3.89. The Morgan fingerprint density at radius 3 is 3.05 bits per heavy atom. The first-order valence-electron chi connectivity index (χ1n) is 8.07. The Morgan fingerprint density at radius 1 is 1.41 bits per heavy atom. The normalized spacial score (nSPS) is 27.9. The van der Waals surface area contributed by atoms with E-state index in [2.05, 4.69) is 34.2 Å². The van der Waals surface area contributed by atoms with Crippen LogP contribution in [0.4, 0.5) is 0 Å². The summed E-state index contributed by atoms with van der Waals surface area (Å²) in [4.78, 5) is 17.6. The molecule has 1 N–H and O–H groups in total. The average Bonchev–Trinajstić information content (AvgIpc) is 2.95. The van der Waals surface area contributed by atoms with Gasteiger partial charge in [-0.1, -0.05) is 0 Å². The number of nitrogens with zero attached hydrogens (tertiary/aromatic N) is 2. The van der Waals surface area contributed by atoms with E-state index in [9.17, 15) is 4.79 Å². The molecule has 0 radical (unpaired) electrons. The second-order valence-electron chi connectivity index (χ2n) is 6.53. The van der Waals surface area contributed by atoms with Crippen molar-refractivity contribution in [2.24, 2.45) is 5.92 Å². The molecule has 116 valence electrons. The van der Waals surface area contributed by atoms with Gasteiger partial charge in [0, 0.05) is 52.5 Å². The summed E-state index contributed by atoms with van der Waals surface area (Å²) in [5, 5.41) is 7.10. The minimum atomic E-state index is 0.221. The molecule has 1 amide bonds. The molecule has 3 atom stereocenters. The Labute approximate surface area is 134 Å². The van der Waals surface area contributed by atoms with Crippen LogP contribution in [0.25, 0.3) is 0 Å². The van der Waals surface area contributed by atoms with Crippen LogP contribution in [0.15, 0.2) is 24.4 Å². The van der Waals surface area contributed by atoms with Crippen molar-refractivity contribution in [1.82, 2.24) is 15.1 Å². The standard InChI is InChI=1S/C17H21N3OS/c1-11-4-5-16(22-11)13-9-14(13)17(21)20-8-2-3-12(10-20)15-6-7-18-19-15/h4-7,12-14H,2-3,8-10H2,1H3,(H,18,19). The maximum atomic E-state index is 12.8. The van der Waals surface area contributed by atoms with Crippen molar-refractivity contribution in [3.8, 4) is 0 Å². The summed E-state index contributed by atoms with van der Waals surface area (Å²) in [6, 6.07) is 6.39. The van der Waals surface area contributed by atoms with Gasteiger partial charge < -0.3 is 4.90 Å². The van der Waals surface area contributed by atoms with Crippen molar-refractivity contribution in [2.45, 2.75) is 38.0 Å². The number of nitrogens with one attached hydrogen (secondary N) is 1. The average molecular weight is 315 g/mol. The second-order valence-corrected chi connectivity index (χ2v) is 7.85. The third-order valence-electron chi connectivity index (χ3n) is 4.93. The molecule has 2 fully saturated rings. The Kier molecular flexibility index (Phi) is 3.53. The number of likely N-dealkylation sites (tertiary alicyclic amines) is 1. The lowest BCUT2D eigenvalue weighted by Gasteiger charge is -2.32. The van der Waals surface area contributed by atoms with Crippen LogP contribution in [0, 0.1) is 12.8 Å². The summed E-state index contributed by atoms with van der Waals surface area (Å²) in [7, 11) is 0. The fraction of sp³-hybridized carbons (Fsp3) is 0.529. The highest BCUT2D eigenvalue weighted by molar-refractivity contribution is 7.12. The number of aromatic amines is 1. The molecule has 0 bridgehead atoms. The van der Waals surface area contributed by atoms with Gasteiger partial charge in [0.25, 0.3) is 0 Å². The minimum absolute atomic E-state index is 0.221. The topological polar surface area (TPSA) is 49.0 Å². The number of H-pyrrole nitrogens is 1. The molecule has 1 saturated heterocycles. The van der Waals surface area contributed by atoms with Crippen molar-refractivity contribution in [1.29, 1.82) is 0 Å². The zero-order chi connectivity index (χ0) is 15.1. The Hall–Kier alpha value is -1.62. The van der Waals surface area contributed by atoms with Crippen molar-refractivity contribution < 1.29 is 4.79 Å². The molecule has 1 aliphatic carbocycles. The van der Waals surface area contributed by atoms with Gasteiger partial charge in [-0.25, -0.2) is 0 Å². The highest BCUT2D eigenvalue weighted by Crippen LogP contribution is 2.50. The molecule has 0 aromatic carbocycles. The van der Waals surface area contributed by atoms with Crippen molar-refractivity contribution in [3.63, 3.8) is 0 Å². The van der Waals surface area contributed by atoms with Gasteiger partial charge in [-0.2, -0.15) is 5.10 Å². The molecule has 3 unspecified atom stereocenters. The van der Waals surface area contributed by atoms with E-state index in [0.717, 1.165) is 32.4 Å². The zero-order valence-electron chi connectivity index (χ0n) is 12.8. The lowest BCUT2D eigenvalue weighted by Crippen LogP contribution is -2.40. The van der Waals surface area contributed by atoms with Crippen LogP contribution in [-0.4, -0.2) is 34.1 Å². The predicted octanol–water partition coefficient (Wildman–Crippen LogP) is 3.29. The summed E-state index contributed by atoms with van der Waals surface area (Å²) in [6.07, 6.45) is 5.06. The first-order valence-corrected chi connectivity index (χ1v) is 8.88. The number of rotatable bonds is 3. The van der Waals surface area contributed by atoms with E-state index >= 15 is 0 Å². The van der Waals surface area contributed by atoms with E-state index < -0.39 is 0 Å². The molecule has 1 saturated carbocycles. The van der Waals surface area contributed by atoms with E-state index in [1.165, 1.54) is 15.4 Å². The molecule has 4 nitrogen and oxygen atoms in total. The zero-order valence-corrected chi connectivity index (χ0v) is 13.6. The Balaban J connectivity index is 1.41. The smallest absolute Gasteiger partial charge is 0.226 e. The summed E-state index contributed by atoms with van der Waals surface area (Å²) in [5.74, 6) is 1.47. The Morgan fingerprint density at radius 2 is 2.32 bits per heavy atom. The van der Waals surface area contributed by atoms with Gasteiger partial charge in [0.15, 0.2) is 0 Å². The summed E-state index contributed by atoms with van der Waals surface area (Å²) >= 11 is 1.84. The molecule has 22 heavy (non-hydrogen) atoms. The van der Waals surface area contributed by atoms with Gasteiger partial charge in [0.1, 0.15) is 0 Å². The first kappa shape index (κ1) is 14.0. The highest BCUT2D eigenvalue weighted by Gasteiger charge is 2.47. The molecule has 5 heteroatoms. The van der Waals surface area contributed by atoms with Crippen LogP contribution in [0.3, 0.4) is 0 Å². The van der Waals surface area contributed by atoms with Crippen LogP contribution in [0.2, 0.25) is 0 Å². The summed E-state index contributed by atoms with van der Waals surface area (Å²) in [5.41, 5.74) is 1.17. The van der Waals surface area contributed by atoms with Gasteiger partial charge in [0.2, 0.25) is 5.91 Å². The highest BCUT2D eigenvalue weighted by atomic mass is 32.1. The number of hydrogen-bond donors (Lipinski definition) is 1. The molecular weight excluding hydrogens is 294 g/mol. The minimum Gasteiger partial charge on any atom is -0.342 e. The largest absolute Gasteiger partial charge is 0.342 e. The molecule has 3 heterocycles. The van der Waals surface area contributed by atoms with Crippen molar-refractivity contribution in [3.05, 3.63) is 39.8 Å². The Bertz CT molecular complexity index is 663. The number of carbonyl (C=O) groups excluding carboxylic acids is 1. The van der Waals surface area contributed by atoms with E-state index in [1.54, 1.807) is 6.20 Å². The van der Waals surface area contributed by atoms with Crippen LogP contribution in [-0.2, 0) is 4.79 Å². The molecular formula is C17H21N3OS. The molecule has 2 aliphatic rings. The number of hydrogen-bond acceptors (Lipinski definition) is 3. The van der Waals surface area contributed by atoms with Crippen LogP contribution >= 0.6 is 11.3 Å². The number of aryl methyl sites for hydroxylation is 1. The predicted molar refractivity (Wildman–Crippen MR) is 87.0 cm³/mol. The lowest BCUT2D eigenvalue weighted by molar-refractivity contribution is -0.133.